The predicted molar refractivity (Wildman–Crippen MR) is 103 cm³/mol. The molecule has 1 aromatic heterocycles. The number of benzene rings is 2. The maximum absolute atomic E-state index is 9.54. The minimum atomic E-state index is 0.259. The lowest BCUT2D eigenvalue weighted by Gasteiger charge is -2.14. The van der Waals surface area contributed by atoms with E-state index in [1.54, 1.807) is 0 Å². The molecule has 3 aromatic rings. The molecule has 0 bridgehead atoms. The Balaban J connectivity index is 2.18. The van der Waals surface area contributed by atoms with Crippen LogP contribution < -0.4 is 10.6 Å². The zero-order valence-corrected chi connectivity index (χ0v) is 14.6. The average molecular weight is 328 g/mol. The van der Waals surface area contributed by atoms with E-state index in [4.69, 9.17) is 5.73 Å². The van der Waals surface area contributed by atoms with Gasteiger partial charge in [-0.1, -0.05) is 36.4 Å². The second kappa shape index (κ2) is 6.66. The fraction of sp³-hybridized carbons (Fsp3) is 0.143. The summed E-state index contributed by atoms with van der Waals surface area (Å²) < 4.78 is 0. The highest BCUT2D eigenvalue weighted by atomic mass is 15.1. The third kappa shape index (κ3) is 3.17. The van der Waals surface area contributed by atoms with Crippen molar-refractivity contribution < 1.29 is 0 Å². The van der Waals surface area contributed by atoms with Crippen molar-refractivity contribution in [3.63, 3.8) is 0 Å². The second-order valence-corrected chi connectivity index (χ2v) is 6.18. The maximum Gasteiger partial charge on any atom is 0.142 e. The van der Waals surface area contributed by atoms with Gasteiger partial charge in [0.25, 0.3) is 0 Å². The normalized spacial score (nSPS) is 10.3. The number of aryl methyl sites for hydroxylation is 1. The van der Waals surface area contributed by atoms with Crippen LogP contribution in [0.4, 0.5) is 11.5 Å². The Kier molecular flexibility index (Phi) is 4.40. The quantitative estimate of drug-likeness (QED) is 0.781. The summed E-state index contributed by atoms with van der Waals surface area (Å²) in [5, 5.41) is 9.54. The lowest BCUT2D eigenvalue weighted by molar-refractivity contribution is 1.13. The lowest BCUT2D eigenvalue weighted by atomic mass is 9.97. The standard InChI is InChI=1S/C21H20N4/c1-14-6-4-5-7-17(14)20-12-18(19(13-22)21(23)24-20)15-8-10-16(11-9-15)25(2)3/h4-12H,1-3H3,(H2,23,24). The van der Waals surface area contributed by atoms with Gasteiger partial charge in [-0.05, 0) is 36.2 Å². The maximum atomic E-state index is 9.54. The highest BCUT2D eigenvalue weighted by Crippen LogP contribution is 2.32. The highest BCUT2D eigenvalue weighted by Gasteiger charge is 2.14. The first-order valence-corrected chi connectivity index (χ1v) is 8.05. The number of rotatable bonds is 3. The van der Waals surface area contributed by atoms with Crippen molar-refractivity contribution in [2.24, 2.45) is 0 Å². The number of pyridine rings is 1. The van der Waals surface area contributed by atoms with Gasteiger partial charge in [0.1, 0.15) is 17.5 Å². The van der Waals surface area contributed by atoms with E-state index in [0.29, 0.717) is 5.56 Å². The molecule has 3 rings (SSSR count). The number of hydrogen-bond donors (Lipinski definition) is 1. The molecular weight excluding hydrogens is 308 g/mol. The van der Waals surface area contributed by atoms with Crippen molar-refractivity contribution in [3.8, 4) is 28.5 Å². The molecule has 0 unspecified atom stereocenters. The van der Waals surface area contributed by atoms with Gasteiger partial charge in [0, 0.05) is 30.9 Å². The minimum Gasteiger partial charge on any atom is -0.383 e. The summed E-state index contributed by atoms with van der Waals surface area (Å²) in [5.74, 6) is 0.259. The Morgan fingerprint density at radius 3 is 2.28 bits per heavy atom. The first-order valence-electron chi connectivity index (χ1n) is 8.05. The first-order chi connectivity index (χ1) is 12.0. The smallest absolute Gasteiger partial charge is 0.142 e. The molecule has 0 atom stereocenters. The van der Waals surface area contributed by atoms with Gasteiger partial charge in [-0.3, -0.25) is 0 Å². The van der Waals surface area contributed by atoms with Gasteiger partial charge in [-0.2, -0.15) is 5.26 Å². The van der Waals surface area contributed by atoms with Gasteiger partial charge in [0.2, 0.25) is 0 Å². The van der Waals surface area contributed by atoms with Gasteiger partial charge < -0.3 is 10.6 Å². The molecule has 1 heterocycles. The van der Waals surface area contributed by atoms with E-state index < -0.39 is 0 Å². The van der Waals surface area contributed by atoms with E-state index in [2.05, 4.69) is 11.1 Å². The molecule has 25 heavy (non-hydrogen) atoms. The molecule has 0 saturated heterocycles. The van der Waals surface area contributed by atoms with Crippen LogP contribution >= 0.6 is 0 Å². The molecule has 2 N–H and O–H groups in total. The van der Waals surface area contributed by atoms with E-state index in [9.17, 15) is 5.26 Å². The Morgan fingerprint density at radius 1 is 1.00 bits per heavy atom. The number of nitrogens with two attached hydrogens (primary N) is 1. The third-order valence-corrected chi connectivity index (χ3v) is 4.27. The molecule has 124 valence electrons. The van der Waals surface area contributed by atoms with Gasteiger partial charge in [-0.25, -0.2) is 4.98 Å². The molecule has 0 radical (unpaired) electrons. The third-order valence-electron chi connectivity index (χ3n) is 4.27. The first kappa shape index (κ1) is 16.5. The minimum absolute atomic E-state index is 0.259. The Hall–Kier alpha value is -3.32. The number of hydrogen-bond acceptors (Lipinski definition) is 4. The van der Waals surface area contributed by atoms with E-state index in [1.807, 2.05) is 80.5 Å². The van der Waals surface area contributed by atoms with Crippen LogP contribution in [0.25, 0.3) is 22.4 Å². The molecule has 4 heteroatoms. The number of nitriles is 1. The summed E-state index contributed by atoms with van der Waals surface area (Å²) >= 11 is 0. The summed E-state index contributed by atoms with van der Waals surface area (Å²) in [6.07, 6.45) is 0. The molecule has 0 saturated carbocycles. The predicted octanol–water partition coefficient (Wildman–Crippen LogP) is 4.24. The Bertz CT molecular complexity index is 951. The van der Waals surface area contributed by atoms with Crippen molar-refractivity contribution in [1.29, 1.82) is 5.26 Å². The van der Waals surface area contributed by atoms with Gasteiger partial charge in [0.05, 0.1) is 5.69 Å². The van der Waals surface area contributed by atoms with Gasteiger partial charge in [0.15, 0.2) is 0 Å². The number of nitrogens with zero attached hydrogens (tertiary/aromatic N) is 3. The van der Waals surface area contributed by atoms with E-state index in [-0.39, 0.29) is 5.82 Å². The van der Waals surface area contributed by atoms with Crippen LogP contribution in [0.15, 0.2) is 54.6 Å². The van der Waals surface area contributed by atoms with Gasteiger partial charge >= 0.3 is 0 Å². The van der Waals surface area contributed by atoms with E-state index in [1.165, 1.54) is 0 Å². The number of anilines is 2. The lowest BCUT2D eigenvalue weighted by Crippen LogP contribution is -2.08. The molecular formula is C21H20N4. The van der Waals surface area contributed by atoms with Crippen LogP contribution in [0.1, 0.15) is 11.1 Å². The van der Waals surface area contributed by atoms with Crippen LogP contribution in [0.2, 0.25) is 0 Å². The topological polar surface area (TPSA) is 65.9 Å². The molecule has 0 aliphatic heterocycles. The Morgan fingerprint density at radius 2 is 1.68 bits per heavy atom. The van der Waals surface area contributed by atoms with Crippen molar-refractivity contribution in [1.82, 2.24) is 4.98 Å². The molecule has 4 nitrogen and oxygen atoms in total. The fourth-order valence-corrected chi connectivity index (χ4v) is 2.85. The van der Waals surface area contributed by atoms with Crippen LogP contribution in [0.3, 0.4) is 0 Å². The monoisotopic (exact) mass is 328 g/mol. The summed E-state index contributed by atoms with van der Waals surface area (Å²) in [6.45, 7) is 2.04. The largest absolute Gasteiger partial charge is 0.383 e. The highest BCUT2D eigenvalue weighted by molar-refractivity contribution is 5.81. The SMILES string of the molecule is Cc1ccccc1-c1cc(-c2ccc(N(C)C)cc2)c(C#N)c(N)n1. The molecule has 2 aromatic carbocycles. The molecule has 0 spiro atoms. The van der Waals surface area contributed by atoms with Gasteiger partial charge in [-0.15, -0.1) is 0 Å². The van der Waals surface area contributed by atoms with Crippen molar-refractivity contribution in [2.45, 2.75) is 6.92 Å². The molecule has 0 aliphatic rings. The number of nitrogen functional groups attached to an aromatic ring is 1. The van der Waals surface area contributed by atoms with Crippen LogP contribution in [-0.4, -0.2) is 19.1 Å². The zero-order chi connectivity index (χ0) is 18.0. The zero-order valence-electron chi connectivity index (χ0n) is 14.6. The molecule has 0 amide bonds. The summed E-state index contributed by atoms with van der Waals surface area (Å²) in [7, 11) is 3.99. The van der Waals surface area contributed by atoms with Crippen molar-refractivity contribution in [3.05, 3.63) is 65.7 Å². The van der Waals surface area contributed by atoms with Crippen LogP contribution in [0.5, 0.6) is 0 Å². The van der Waals surface area contributed by atoms with E-state index in [0.717, 1.165) is 33.6 Å². The second-order valence-electron chi connectivity index (χ2n) is 6.18. The fourth-order valence-electron chi connectivity index (χ4n) is 2.85. The number of aromatic nitrogens is 1. The molecule has 0 aliphatic carbocycles. The summed E-state index contributed by atoms with van der Waals surface area (Å²) in [6, 6.07) is 20.2. The van der Waals surface area contributed by atoms with Crippen molar-refractivity contribution in [2.75, 3.05) is 24.7 Å². The Labute approximate surface area is 148 Å². The van der Waals surface area contributed by atoms with E-state index >= 15 is 0 Å². The average Bonchev–Trinajstić information content (AvgIpc) is 2.61. The summed E-state index contributed by atoms with van der Waals surface area (Å²) in [5.41, 5.74) is 12.3. The van der Waals surface area contributed by atoms with Crippen LogP contribution in [-0.2, 0) is 0 Å². The summed E-state index contributed by atoms with van der Waals surface area (Å²) in [4.78, 5) is 6.49. The molecule has 0 fully saturated rings. The van der Waals surface area contributed by atoms with Crippen molar-refractivity contribution >= 4 is 11.5 Å². The van der Waals surface area contributed by atoms with Crippen LogP contribution in [0, 0.1) is 18.3 Å².